The summed E-state index contributed by atoms with van der Waals surface area (Å²) in [4.78, 5) is 13.2. The van der Waals surface area contributed by atoms with Gasteiger partial charge in [-0.1, -0.05) is 6.07 Å². The molecule has 4 nitrogen and oxygen atoms in total. The molecule has 0 spiro atoms. The Kier molecular flexibility index (Phi) is 3.30. The number of likely N-dealkylation sites (N-methyl/N-ethyl adjacent to an activating group) is 1. The smallest absolute Gasteiger partial charge is 0.222 e. The van der Waals surface area contributed by atoms with Crippen LogP contribution in [0.15, 0.2) is 18.2 Å². The second kappa shape index (κ2) is 4.75. The molecular weight excluding hydrogens is 233 g/mol. The molecular formula is C13H14FN3O. The van der Waals surface area contributed by atoms with E-state index in [4.69, 9.17) is 11.0 Å². The first-order valence-electron chi connectivity index (χ1n) is 5.75. The maximum absolute atomic E-state index is 13.3. The van der Waals surface area contributed by atoms with Crippen molar-refractivity contribution in [3.05, 3.63) is 35.1 Å². The van der Waals surface area contributed by atoms with Crippen LogP contribution in [0.2, 0.25) is 0 Å². The second-order valence-corrected chi connectivity index (χ2v) is 4.50. The first-order chi connectivity index (χ1) is 8.54. The lowest BCUT2D eigenvalue weighted by molar-refractivity contribution is -0.135. The topological polar surface area (TPSA) is 70.1 Å². The number of rotatable bonds is 1. The van der Waals surface area contributed by atoms with Crippen molar-refractivity contribution in [3.8, 4) is 6.07 Å². The zero-order valence-corrected chi connectivity index (χ0v) is 10.1. The highest BCUT2D eigenvalue weighted by atomic mass is 19.1. The van der Waals surface area contributed by atoms with Crippen LogP contribution < -0.4 is 5.73 Å². The molecule has 2 atom stereocenters. The molecule has 94 valence electrons. The van der Waals surface area contributed by atoms with E-state index in [1.54, 1.807) is 24.1 Å². The van der Waals surface area contributed by atoms with Crippen molar-refractivity contribution >= 4 is 5.91 Å². The standard InChI is InChI=1S/C13H14FN3O/c1-17-12(18)5-4-11(16)13(17)8-2-3-10(14)9(6-8)7-15/h2-3,6,11,13H,4-5,16H2,1H3. The van der Waals surface area contributed by atoms with Gasteiger partial charge < -0.3 is 10.6 Å². The molecule has 0 bridgehead atoms. The van der Waals surface area contributed by atoms with Crippen molar-refractivity contribution in [2.45, 2.75) is 24.9 Å². The molecule has 5 heteroatoms. The van der Waals surface area contributed by atoms with Gasteiger partial charge in [0, 0.05) is 19.5 Å². The third kappa shape index (κ3) is 2.07. The zero-order valence-electron chi connectivity index (χ0n) is 10.1. The van der Waals surface area contributed by atoms with E-state index in [1.807, 2.05) is 0 Å². The summed E-state index contributed by atoms with van der Waals surface area (Å²) in [6, 6.07) is 5.60. The normalized spacial score (nSPS) is 23.9. The zero-order chi connectivity index (χ0) is 13.3. The van der Waals surface area contributed by atoms with Gasteiger partial charge in [0.1, 0.15) is 11.9 Å². The van der Waals surface area contributed by atoms with Crippen LogP contribution in [0.3, 0.4) is 0 Å². The Morgan fingerprint density at radius 3 is 2.94 bits per heavy atom. The molecule has 2 unspecified atom stereocenters. The van der Waals surface area contributed by atoms with Crippen LogP contribution >= 0.6 is 0 Å². The predicted octanol–water partition coefficient (Wildman–Crippen LogP) is 1.32. The fourth-order valence-electron chi connectivity index (χ4n) is 2.35. The minimum Gasteiger partial charge on any atom is -0.337 e. The number of carbonyl (C=O) groups excluding carboxylic acids is 1. The molecule has 1 amide bonds. The van der Waals surface area contributed by atoms with Crippen molar-refractivity contribution in [1.82, 2.24) is 4.90 Å². The fraction of sp³-hybridized carbons (Fsp3) is 0.385. The number of benzene rings is 1. The molecule has 1 aliphatic rings. The van der Waals surface area contributed by atoms with E-state index in [0.717, 1.165) is 0 Å². The van der Waals surface area contributed by atoms with Crippen LogP contribution in [0.1, 0.15) is 30.0 Å². The number of piperidine rings is 1. The second-order valence-electron chi connectivity index (χ2n) is 4.50. The first-order valence-corrected chi connectivity index (χ1v) is 5.75. The number of nitrogens with two attached hydrogens (primary N) is 1. The third-order valence-corrected chi connectivity index (χ3v) is 3.36. The molecule has 0 saturated carbocycles. The number of carbonyl (C=O) groups is 1. The van der Waals surface area contributed by atoms with E-state index in [2.05, 4.69) is 0 Å². The van der Waals surface area contributed by atoms with Crippen molar-refractivity contribution in [1.29, 1.82) is 5.26 Å². The average Bonchev–Trinajstić information content (AvgIpc) is 2.36. The van der Waals surface area contributed by atoms with Gasteiger partial charge in [-0.2, -0.15) is 5.26 Å². The van der Waals surface area contributed by atoms with Gasteiger partial charge in [0.15, 0.2) is 0 Å². The quantitative estimate of drug-likeness (QED) is 0.813. The number of nitrogens with zero attached hydrogens (tertiary/aromatic N) is 2. The highest BCUT2D eigenvalue weighted by Crippen LogP contribution is 2.30. The van der Waals surface area contributed by atoms with E-state index in [0.29, 0.717) is 18.4 Å². The summed E-state index contributed by atoms with van der Waals surface area (Å²) in [5, 5.41) is 8.82. The molecule has 2 rings (SSSR count). The van der Waals surface area contributed by atoms with Crippen molar-refractivity contribution in [3.63, 3.8) is 0 Å². The van der Waals surface area contributed by atoms with Crippen LogP contribution in [-0.4, -0.2) is 23.9 Å². The number of hydrogen-bond acceptors (Lipinski definition) is 3. The molecule has 1 fully saturated rings. The van der Waals surface area contributed by atoms with Crippen LogP contribution in [0, 0.1) is 17.1 Å². The summed E-state index contributed by atoms with van der Waals surface area (Å²) in [5.41, 5.74) is 6.71. The Hall–Kier alpha value is -1.93. The Morgan fingerprint density at radius 2 is 2.28 bits per heavy atom. The van der Waals surface area contributed by atoms with Gasteiger partial charge in [-0.25, -0.2) is 4.39 Å². The molecule has 1 aromatic rings. The van der Waals surface area contributed by atoms with Crippen LogP contribution in [0.5, 0.6) is 0 Å². The average molecular weight is 247 g/mol. The predicted molar refractivity (Wildman–Crippen MR) is 63.8 cm³/mol. The lowest BCUT2D eigenvalue weighted by Gasteiger charge is -2.37. The van der Waals surface area contributed by atoms with Crippen LogP contribution in [-0.2, 0) is 4.79 Å². The SMILES string of the molecule is CN1C(=O)CCC(N)C1c1ccc(F)c(C#N)c1. The van der Waals surface area contributed by atoms with Gasteiger partial charge >= 0.3 is 0 Å². The molecule has 0 radical (unpaired) electrons. The van der Waals surface area contributed by atoms with Crippen molar-refractivity contribution in [2.75, 3.05) is 7.05 Å². The molecule has 1 saturated heterocycles. The maximum Gasteiger partial charge on any atom is 0.222 e. The van der Waals surface area contributed by atoms with Gasteiger partial charge in [0.2, 0.25) is 5.91 Å². The first kappa shape index (κ1) is 12.5. The summed E-state index contributed by atoms with van der Waals surface area (Å²) in [6.45, 7) is 0. The monoisotopic (exact) mass is 247 g/mol. The lowest BCUT2D eigenvalue weighted by atomic mass is 9.90. The summed E-state index contributed by atoms with van der Waals surface area (Å²) < 4.78 is 13.3. The molecule has 18 heavy (non-hydrogen) atoms. The van der Waals surface area contributed by atoms with E-state index < -0.39 is 5.82 Å². The van der Waals surface area contributed by atoms with Gasteiger partial charge in [0.05, 0.1) is 11.6 Å². The highest BCUT2D eigenvalue weighted by Gasteiger charge is 2.32. The molecule has 0 aliphatic carbocycles. The van der Waals surface area contributed by atoms with E-state index in [9.17, 15) is 9.18 Å². The Balaban J connectivity index is 2.40. The lowest BCUT2D eigenvalue weighted by Crippen LogP contribution is -2.46. The molecule has 1 heterocycles. The molecule has 1 aliphatic heterocycles. The Morgan fingerprint density at radius 1 is 1.56 bits per heavy atom. The number of nitriles is 1. The van der Waals surface area contributed by atoms with Gasteiger partial charge in [0.25, 0.3) is 0 Å². The number of amides is 1. The minimum atomic E-state index is -0.556. The maximum atomic E-state index is 13.3. The minimum absolute atomic E-state index is 0.0181. The summed E-state index contributed by atoms with van der Waals surface area (Å²) in [7, 11) is 1.68. The van der Waals surface area contributed by atoms with Crippen LogP contribution in [0.4, 0.5) is 4.39 Å². The van der Waals surface area contributed by atoms with Gasteiger partial charge in [-0.15, -0.1) is 0 Å². The van der Waals surface area contributed by atoms with Crippen LogP contribution in [0.25, 0.3) is 0 Å². The fourth-order valence-corrected chi connectivity index (χ4v) is 2.35. The third-order valence-electron chi connectivity index (χ3n) is 3.36. The van der Waals surface area contributed by atoms with Crippen molar-refractivity contribution in [2.24, 2.45) is 5.73 Å². The summed E-state index contributed by atoms with van der Waals surface area (Å²) in [6.07, 6.45) is 1.04. The van der Waals surface area contributed by atoms with Crippen molar-refractivity contribution < 1.29 is 9.18 Å². The Bertz CT molecular complexity index is 523. The molecule has 2 N–H and O–H groups in total. The Labute approximate surface area is 105 Å². The van der Waals surface area contributed by atoms with E-state index >= 15 is 0 Å². The summed E-state index contributed by atoms with van der Waals surface area (Å²) >= 11 is 0. The number of hydrogen-bond donors (Lipinski definition) is 1. The largest absolute Gasteiger partial charge is 0.337 e. The van der Waals surface area contributed by atoms with E-state index in [1.165, 1.54) is 12.1 Å². The molecule has 1 aromatic carbocycles. The van der Waals surface area contributed by atoms with Gasteiger partial charge in [-0.05, 0) is 24.1 Å². The van der Waals surface area contributed by atoms with Gasteiger partial charge in [-0.3, -0.25) is 4.79 Å². The number of likely N-dealkylation sites (tertiary alicyclic amines) is 1. The van der Waals surface area contributed by atoms with E-state index in [-0.39, 0.29) is 23.6 Å². The summed E-state index contributed by atoms with van der Waals surface area (Å²) in [5.74, 6) is -0.538. The highest BCUT2D eigenvalue weighted by molar-refractivity contribution is 5.77. The molecule has 0 aromatic heterocycles. The number of halogens is 1.